The van der Waals surface area contributed by atoms with Gasteiger partial charge in [0, 0.05) is 18.5 Å². The monoisotopic (exact) mass is 340 g/mol. The van der Waals surface area contributed by atoms with Crippen molar-refractivity contribution in [1.29, 1.82) is 0 Å². The molecule has 0 spiro atoms. The molecule has 5 nitrogen and oxygen atoms in total. The van der Waals surface area contributed by atoms with Crippen LogP contribution in [0.1, 0.15) is 12.5 Å². The van der Waals surface area contributed by atoms with Crippen molar-refractivity contribution in [3.8, 4) is 0 Å². The van der Waals surface area contributed by atoms with Crippen LogP contribution in [0.4, 0.5) is 0 Å². The summed E-state index contributed by atoms with van der Waals surface area (Å²) in [5.74, 6) is -0.965. The van der Waals surface area contributed by atoms with Crippen molar-refractivity contribution in [1.82, 2.24) is 4.57 Å². The molecule has 0 aliphatic carbocycles. The fraction of sp³-hybridized carbons (Fsp3) is 0.167. The van der Waals surface area contributed by atoms with E-state index in [1.165, 1.54) is 29.0 Å². The molecule has 2 aromatic carbocycles. The van der Waals surface area contributed by atoms with Crippen LogP contribution in [0.3, 0.4) is 0 Å². The van der Waals surface area contributed by atoms with Gasteiger partial charge in [-0.25, -0.2) is 0 Å². The number of hydrogen-bond donors (Lipinski definition) is 0. The van der Waals surface area contributed by atoms with Crippen molar-refractivity contribution in [3.05, 3.63) is 64.4 Å². The summed E-state index contributed by atoms with van der Waals surface area (Å²) in [6.07, 6.45) is 1.89. The predicted octanol–water partition coefficient (Wildman–Crippen LogP) is 2.74. The molecule has 0 N–H and O–H groups in total. The number of amides is 1. The van der Waals surface area contributed by atoms with E-state index in [1.54, 1.807) is 0 Å². The van der Waals surface area contributed by atoms with E-state index >= 15 is 0 Å². The van der Waals surface area contributed by atoms with Gasteiger partial charge < -0.3 is 9.30 Å². The first-order chi connectivity index (χ1) is 11.6. The van der Waals surface area contributed by atoms with Crippen LogP contribution in [0.5, 0.6) is 0 Å². The summed E-state index contributed by atoms with van der Waals surface area (Å²) < 4.78 is 6.60. The molecule has 0 bridgehead atoms. The summed E-state index contributed by atoms with van der Waals surface area (Å²) in [6.45, 7) is 1.55. The average Bonchev–Trinajstić information content (AvgIpc) is 3.00. The minimum absolute atomic E-state index is 0.332. The molecule has 0 aliphatic heterocycles. The second kappa shape index (κ2) is 7.23. The second-order valence-electron chi connectivity index (χ2n) is 5.24. The molecule has 6 heteroatoms. The summed E-state index contributed by atoms with van der Waals surface area (Å²) in [6, 6.07) is 14.3. The van der Waals surface area contributed by atoms with Crippen LogP contribution in [-0.4, -0.2) is 23.1 Å². The van der Waals surface area contributed by atoms with E-state index in [0.717, 1.165) is 5.56 Å². The maximum Gasteiger partial charge on any atom is 0.303 e. The van der Waals surface area contributed by atoms with E-state index in [9.17, 15) is 9.59 Å². The van der Waals surface area contributed by atoms with E-state index in [-0.39, 0.29) is 6.61 Å². The molecule has 3 aromatic rings. The zero-order chi connectivity index (χ0) is 16.9. The van der Waals surface area contributed by atoms with Crippen molar-refractivity contribution in [3.63, 3.8) is 0 Å². The van der Waals surface area contributed by atoms with Crippen LogP contribution >= 0.6 is 11.3 Å². The van der Waals surface area contributed by atoms with Crippen LogP contribution < -0.4 is 4.80 Å². The first-order valence-electron chi connectivity index (χ1n) is 7.45. The summed E-state index contributed by atoms with van der Waals surface area (Å²) in [5.41, 5.74) is 1.15. The third kappa shape index (κ3) is 3.78. The van der Waals surface area contributed by atoms with Crippen molar-refractivity contribution in [2.75, 3.05) is 6.61 Å². The van der Waals surface area contributed by atoms with Crippen LogP contribution in [-0.2, 0) is 20.9 Å². The van der Waals surface area contributed by atoms with Crippen LogP contribution in [0.2, 0.25) is 0 Å². The Bertz CT molecular complexity index is 951. The maximum atomic E-state index is 11.8. The fourth-order valence-corrected chi connectivity index (χ4v) is 3.17. The Labute approximate surface area is 142 Å². The summed E-state index contributed by atoms with van der Waals surface area (Å²) >= 11 is 1.37. The fourth-order valence-electron chi connectivity index (χ4n) is 2.42. The standard InChI is InChI=1S/C18H16N2O3S/c1-13(21)23-12-17(22)19-18-20(9-10-24-18)11-15-7-4-6-14-5-2-3-8-16(14)15/h2-10H,11-12H2,1H3. The van der Waals surface area contributed by atoms with E-state index in [1.807, 2.05) is 34.3 Å². The Balaban J connectivity index is 1.88. The molecule has 0 unspecified atom stereocenters. The number of ether oxygens (including phenoxy) is 1. The molecule has 0 fully saturated rings. The van der Waals surface area contributed by atoms with E-state index in [4.69, 9.17) is 0 Å². The lowest BCUT2D eigenvalue weighted by Gasteiger charge is -2.07. The molecule has 3 rings (SSSR count). The molecule has 1 aromatic heterocycles. The van der Waals surface area contributed by atoms with Gasteiger partial charge >= 0.3 is 5.97 Å². The van der Waals surface area contributed by atoms with Gasteiger partial charge in [0.25, 0.3) is 5.91 Å². The Morgan fingerprint density at radius 1 is 1.17 bits per heavy atom. The molecule has 1 amide bonds. The Morgan fingerprint density at radius 3 is 2.79 bits per heavy atom. The Hall–Kier alpha value is -2.73. The first-order valence-corrected chi connectivity index (χ1v) is 8.33. The summed E-state index contributed by atoms with van der Waals surface area (Å²) in [7, 11) is 0. The number of benzene rings is 2. The molecule has 122 valence electrons. The predicted molar refractivity (Wildman–Crippen MR) is 92.6 cm³/mol. The van der Waals surface area contributed by atoms with Gasteiger partial charge in [-0.3, -0.25) is 9.59 Å². The molecular formula is C18H16N2O3S. The van der Waals surface area contributed by atoms with Gasteiger partial charge in [0.2, 0.25) is 0 Å². The van der Waals surface area contributed by atoms with Crippen LogP contribution in [0.15, 0.2) is 59.0 Å². The van der Waals surface area contributed by atoms with Gasteiger partial charge in [-0.1, -0.05) is 42.5 Å². The number of thiazole rings is 1. The zero-order valence-electron chi connectivity index (χ0n) is 13.1. The molecule has 0 aliphatic rings. The number of carbonyl (C=O) groups excluding carboxylic acids is 2. The maximum absolute atomic E-state index is 11.8. The van der Waals surface area contributed by atoms with Crippen molar-refractivity contribution < 1.29 is 14.3 Å². The minimum atomic E-state index is -0.492. The molecule has 1 heterocycles. The van der Waals surface area contributed by atoms with Crippen LogP contribution in [0.25, 0.3) is 10.8 Å². The lowest BCUT2D eigenvalue weighted by Crippen LogP contribution is -2.19. The van der Waals surface area contributed by atoms with Crippen molar-refractivity contribution >= 4 is 34.0 Å². The highest BCUT2D eigenvalue weighted by Gasteiger charge is 2.06. The Kier molecular flexibility index (Phi) is 4.86. The zero-order valence-corrected chi connectivity index (χ0v) is 14.0. The highest BCUT2D eigenvalue weighted by atomic mass is 32.1. The quantitative estimate of drug-likeness (QED) is 0.686. The summed E-state index contributed by atoms with van der Waals surface area (Å²) in [4.78, 5) is 27.2. The van der Waals surface area contributed by atoms with E-state index in [0.29, 0.717) is 11.3 Å². The highest BCUT2D eigenvalue weighted by Crippen LogP contribution is 2.19. The Morgan fingerprint density at radius 2 is 1.96 bits per heavy atom. The highest BCUT2D eigenvalue weighted by molar-refractivity contribution is 7.07. The van der Waals surface area contributed by atoms with Crippen molar-refractivity contribution in [2.45, 2.75) is 13.5 Å². The number of hydrogen-bond acceptors (Lipinski definition) is 4. The molecule has 0 radical (unpaired) electrons. The molecular weight excluding hydrogens is 324 g/mol. The number of fused-ring (bicyclic) bond motifs is 1. The minimum Gasteiger partial charge on any atom is -0.456 e. The number of aromatic nitrogens is 1. The van der Waals surface area contributed by atoms with Gasteiger partial charge in [-0.2, -0.15) is 4.99 Å². The average molecular weight is 340 g/mol. The lowest BCUT2D eigenvalue weighted by atomic mass is 10.0. The largest absolute Gasteiger partial charge is 0.456 e. The SMILES string of the molecule is CC(=O)OCC(=O)N=c1sccn1Cc1cccc2ccccc12. The molecule has 0 saturated carbocycles. The number of rotatable bonds is 4. The van der Waals surface area contributed by atoms with Gasteiger partial charge in [0.1, 0.15) is 0 Å². The van der Waals surface area contributed by atoms with Gasteiger partial charge in [0.15, 0.2) is 11.4 Å². The molecule has 0 saturated heterocycles. The second-order valence-corrected chi connectivity index (χ2v) is 6.11. The van der Waals surface area contributed by atoms with Gasteiger partial charge in [-0.05, 0) is 16.3 Å². The first kappa shape index (κ1) is 16.1. The van der Waals surface area contributed by atoms with E-state index in [2.05, 4.69) is 34.0 Å². The van der Waals surface area contributed by atoms with Gasteiger partial charge in [0.05, 0.1) is 6.54 Å². The molecule has 24 heavy (non-hydrogen) atoms. The third-order valence-corrected chi connectivity index (χ3v) is 4.29. The van der Waals surface area contributed by atoms with E-state index < -0.39 is 11.9 Å². The van der Waals surface area contributed by atoms with Crippen molar-refractivity contribution in [2.24, 2.45) is 4.99 Å². The number of nitrogens with zero attached hydrogens (tertiary/aromatic N) is 2. The lowest BCUT2D eigenvalue weighted by molar-refractivity contribution is -0.145. The summed E-state index contributed by atoms with van der Waals surface area (Å²) in [5, 5.41) is 4.23. The number of carbonyl (C=O) groups is 2. The van der Waals surface area contributed by atoms with Gasteiger partial charge in [-0.15, -0.1) is 11.3 Å². The third-order valence-electron chi connectivity index (χ3n) is 3.50. The number of esters is 1. The molecule has 0 atom stereocenters. The topological polar surface area (TPSA) is 60.7 Å². The van der Waals surface area contributed by atoms with Crippen LogP contribution in [0, 0.1) is 0 Å². The normalized spacial score (nSPS) is 11.6. The smallest absolute Gasteiger partial charge is 0.303 e.